The van der Waals surface area contributed by atoms with Crippen LogP contribution in [0.5, 0.6) is 0 Å². The van der Waals surface area contributed by atoms with Gasteiger partial charge in [-0.2, -0.15) is 5.10 Å². The lowest BCUT2D eigenvalue weighted by Crippen LogP contribution is -2.51. The molecule has 16 nitrogen and oxygen atoms in total. The average Bonchev–Trinajstić information content (AvgIpc) is 3.83. The molecule has 69 heavy (non-hydrogen) atoms. The zero-order valence-corrected chi connectivity index (χ0v) is 38.4. The van der Waals surface area contributed by atoms with Crippen LogP contribution in [-0.2, 0) is 19.1 Å². The van der Waals surface area contributed by atoms with Crippen LogP contribution in [0.4, 0.5) is 22.9 Å². The number of aromatic nitrogens is 3. The fraction of sp³-hybridized carbons (Fsp3) is 0.340. The molecule has 3 aromatic carbocycles. The summed E-state index contributed by atoms with van der Waals surface area (Å²) in [7, 11) is 0. The van der Waals surface area contributed by atoms with E-state index in [0.717, 1.165) is 110 Å². The van der Waals surface area contributed by atoms with Crippen LogP contribution < -0.4 is 25.8 Å². The number of likely N-dealkylation sites (tertiary alicyclic amines) is 1. The number of fused-ring (bicyclic) bond motifs is 1. The molecule has 352 valence electrons. The second-order valence-electron chi connectivity index (χ2n) is 18.4. The minimum Gasteiger partial charge on any atom is -0.382 e. The fourth-order valence-corrected chi connectivity index (χ4v) is 10.1. The number of nitrogens with one attached hydrogen (secondary N) is 3. The second kappa shape index (κ2) is 20.2. The monoisotopic (exact) mass is 925 g/mol. The Morgan fingerprint density at radius 3 is 2.16 bits per heavy atom. The normalized spacial score (nSPS) is 18.4. The first-order valence-electron chi connectivity index (χ1n) is 24.0. The van der Waals surface area contributed by atoms with Crippen LogP contribution in [-0.4, -0.2) is 119 Å². The molecule has 3 N–H and O–H groups in total. The first-order chi connectivity index (χ1) is 33.7. The van der Waals surface area contributed by atoms with E-state index < -0.39 is 12.0 Å². The summed E-state index contributed by atoms with van der Waals surface area (Å²) in [5, 5.41) is 22.8. The number of hydrogen-bond acceptors (Lipinski definition) is 13. The van der Waals surface area contributed by atoms with Crippen LogP contribution >= 0.6 is 0 Å². The molecule has 4 fully saturated rings. The predicted molar refractivity (Wildman–Crippen MR) is 264 cm³/mol. The number of benzene rings is 3. The lowest BCUT2D eigenvalue weighted by molar-refractivity contribution is -0.134. The Kier molecular flexibility index (Phi) is 13.2. The Balaban J connectivity index is 0.737. The van der Waals surface area contributed by atoms with Crippen LogP contribution in [0.1, 0.15) is 60.5 Å². The molecule has 0 spiro atoms. The summed E-state index contributed by atoms with van der Waals surface area (Å²) < 4.78 is 6.29. The lowest BCUT2D eigenvalue weighted by atomic mass is 9.89. The molecule has 4 aliphatic rings. The highest BCUT2D eigenvalue weighted by molar-refractivity contribution is 6.01. The Morgan fingerprint density at radius 2 is 1.46 bits per heavy atom. The van der Waals surface area contributed by atoms with E-state index in [1.165, 1.54) is 11.8 Å². The number of rotatable bonds is 12. The lowest BCUT2D eigenvalue weighted by Gasteiger charge is -2.38. The zero-order chi connectivity index (χ0) is 47.3. The maximum absolute atomic E-state index is 13.5. The number of nitriles is 1. The van der Waals surface area contributed by atoms with Crippen LogP contribution in [0.3, 0.4) is 0 Å². The maximum atomic E-state index is 13.5. The van der Waals surface area contributed by atoms with Gasteiger partial charge in [0.2, 0.25) is 17.7 Å². The third-order valence-corrected chi connectivity index (χ3v) is 14.0. The molecular formula is C53H55N11O5. The van der Waals surface area contributed by atoms with Gasteiger partial charge in [0.15, 0.2) is 5.69 Å². The summed E-state index contributed by atoms with van der Waals surface area (Å²) in [6.45, 7) is 6.71. The number of anilines is 4. The Bertz CT molecular complexity index is 2840. The molecule has 0 radical (unpaired) electrons. The molecule has 0 bridgehead atoms. The summed E-state index contributed by atoms with van der Waals surface area (Å²) in [5.74, 6) is 0.181. The molecule has 4 aliphatic heterocycles. The van der Waals surface area contributed by atoms with Crippen molar-refractivity contribution >= 4 is 52.1 Å². The van der Waals surface area contributed by atoms with E-state index in [1.807, 2.05) is 53.7 Å². The first kappa shape index (κ1) is 45.0. The number of hydrogen-bond donors (Lipinski definition) is 3. The molecule has 0 saturated carbocycles. The summed E-state index contributed by atoms with van der Waals surface area (Å²) in [4.78, 5) is 63.6. The quantitative estimate of drug-likeness (QED) is 0.0686. The SMILES string of the molecule is N#COC(=O)c1cc2c(-c3ccc(N4CCC(Nc5ccccc5)CC4)nc3)cc(-c3ccc(N4CCN(C(=O)CN5CCC(c6ccc(NC7CCC(=O)NC7=O)cc6)CC5)CC4)cc3)cn2n1. The minimum absolute atomic E-state index is 0.0336. The number of imide groups is 1. The summed E-state index contributed by atoms with van der Waals surface area (Å²) in [6.07, 6.45) is 10.00. The molecule has 4 saturated heterocycles. The molecule has 7 heterocycles. The van der Waals surface area contributed by atoms with Gasteiger partial charge in [0.1, 0.15) is 11.9 Å². The highest BCUT2D eigenvalue weighted by Crippen LogP contribution is 2.34. The van der Waals surface area contributed by atoms with Crippen molar-refractivity contribution in [1.29, 1.82) is 5.26 Å². The van der Waals surface area contributed by atoms with Gasteiger partial charge >= 0.3 is 5.97 Å². The van der Waals surface area contributed by atoms with Crippen molar-refractivity contribution in [2.24, 2.45) is 0 Å². The largest absolute Gasteiger partial charge is 0.382 e. The van der Waals surface area contributed by atoms with Crippen molar-refractivity contribution < 1.29 is 23.9 Å². The van der Waals surface area contributed by atoms with Crippen molar-refractivity contribution in [3.63, 3.8) is 0 Å². The molecule has 3 amide bonds. The molecule has 1 unspecified atom stereocenters. The molecule has 16 heteroatoms. The third kappa shape index (κ3) is 10.4. The van der Waals surface area contributed by atoms with Crippen LogP contribution in [0.2, 0.25) is 0 Å². The van der Waals surface area contributed by atoms with Crippen molar-refractivity contribution in [3.8, 4) is 28.5 Å². The summed E-state index contributed by atoms with van der Waals surface area (Å²) in [5.41, 5.74) is 8.62. The number of piperazine rings is 1. The fourth-order valence-electron chi connectivity index (χ4n) is 10.1. The number of carbonyl (C=O) groups excluding carboxylic acids is 4. The van der Waals surface area contributed by atoms with Crippen LogP contribution in [0, 0.1) is 11.5 Å². The van der Waals surface area contributed by atoms with E-state index in [9.17, 15) is 19.2 Å². The molecule has 3 aromatic heterocycles. The second-order valence-corrected chi connectivity index (χ2v) is 18.4. The Hall–Kier alpha value is -7.77. The highest BCUT2D eigenvalue weighted by Gasteiger charge is 2.29. The van der Waals surface area contributed by atoms with Crippen molar-refractivity contribution in [1.82, 2.24) is 29.7 Å². The van der Waals surface area contributed by atoms with Gasteiger partial charge in [-0.1, -0.05) is 42.5 Å². The standard InChI is InChI=1S/C53H55N11O5/c54-35-69-53(68)47-31-48-45(39-10-16-49(55-32-39)62-24-20-43(21-25-62)56-41-4-2-1-3-5-41)30-40(33-64(48)59-47)37-8-13-44(14-9-37)61-26-28-63(29-27-61)51(66)34-60-22-18-38(19-23-60)36-6-11-42(12-7-36)57-46-15-17-50(65)58-52(46)67/h1-14,16,30-33,38,43,46,56-57H,15,17-29,34H2,(H,58,65,67). The number of piperidine rings is 3. The molecular weight excluding hydrogens is 871 g/mol. The zero-order valence-electron chi connectivity index (χ0n) is 38.4. The van der Waals surface area contributed by atoms with Crippen molar-refractivity contribution in [2.75, 3.05) is 79.3 Å². The minimum atomic E-state index is -0.817. The van der Waals surface area contributed by atoms with Gasteiger partial charge in [-0.15, -0.1) is 5.26 Å². The van der Waals surface area contributed by atoms with E-state index in [4.69, 9.17) is 10.2 Å². The van der Waals surface area contributed by atoms with E-state index in [1.54, 1.807) is 10.6 Å². The van der Waals surface area contributed by atoms with Crippen LogP contribution in [0.25, 0.3) is 27.8 Å². The number of pyridine rings is 2. The maximum Gasteiger partial charge on any atom is 0.374 e. The van der Waals surface area contributed by atoms with Gasteiger partial charge in [-0.25, -0.2) is 14.3 Å². The Labute approximate surface area is 400 Å². The Morgan fingerprint density at radius 1 is 0.739 bits per heavy atom. The van der Waals surface area contributed by atoms with Crippen molar-refractivity contribution in [2.45, 2.75) is 56.5 Å². The van der Waals surface area contributed by atoms with Gasteiger partial charge in [0, 0.05) is 97.9 Å². The number of ether oxygens (including phenoxy) is 1. The third-order valence-electron chi connectivity index (χ3n) is 14.0. The predicted octanol–water partition coefficient (Wildman–Crippen LogP) is 6.53. The smallest absolute Gasteiger partial charge is 0.374 e. The van der Waals surface area contributed by atoms with Gasteiger partial charge < -0.3 is 30.1 Å². The van der Waals surface area contributed by atoms with E-state index >= 15 is 0 Å². The highest BCUT2D eigenvalue weighted by atomic mass is 16.5. The van der Waals surface area contributed by atoms with E-state index in [2.05, 4.69) is 101 Å². The molecule has 10 rings (SSSR count). The van der Waals surface area contributed by atoms with Crippen molar-refractivity contribution in [3.05, 3.63) is 127 Å². The topological polar surface area (TPSA) is 181 Å². The molecule has 0 aliphatic carbocycles. The van der Waals surface area contributed by atoms with E-state index in [0.29, 0.717) is 50.0 Å². The van der Waals surface area contributed by atoms with Gasteiger partial charge in [-0.05, 0) is 123 Å². The molecule has 6 aromatic rings. The van der Waals surface area contributed by atoms with Gasteiger partial charge in [0.05, 0.1) is 12.1 Å². The number of para-hydroxylation sites is 1. The molecule has 1 atom stereocenters. The first-order valence-corrected chi connectivity index (χ1v) is 24.0. The summed E-state index contributed by atoms with van der Waals surface area (Å²) in [6, 6.07) is 34.8. The van der Waals surface area contributed by atoms with E-state index in [-0.39, 0.29) is 23.4 Å². The van der Waals surface area contributed by atoms with Crippen LogP contribution in [0.15, 0.2) is 116 Å². The van der Waals surface area contributed by atoms with Gasteiger partial charge in [-0.3, -0.25) is 24.6 Å². The number of nitrogens with zero attached hydrogens (tertiary/aromatic N) is 8. The number of esters is 1. The number of carbonyl (C=O) groups is 4. The number of amides is 3. The van der Waals surface area contributed by atoms with Gasteiger partial charge in [0.25, 0.3) is 6.26 Å². The average molecular weight is 926 g/mol. The summed E-state index contributed by atoms with van der Waals surface area (Å²) >= 11 is 0.